The van der Waals surface area contributed by atoms with Gasteiger partial charge in [-0.1, -0.05) is 29.3 Å². The van der Waals surface area contributed by atoms with Crippen molar-refractivity contribution in [3.8, 4) is 0 Å². The van der Waals surface area contributed by atoms with Crippen LogP contribution in [0.15, 0.2) is 41.3 Å². The predicted molar refractivity (Wildman–Crippen MR) is 96.9 cm³/mol. The lowest BCUT2D eigenvalue weighted by molar-refractivity contribution is 0.600. The molecule has 6 nitrogen and oxygen atoms in total. The van der Waals surface area contributed by atoms with Gasteiger partial charge in [0.2, 0.25) is 10.0 Å². The summed E-state index contributed by atoms with van der Waals surface area (Å²) in [6.07, 6.45) is 0.987. The van der Waals surface area contributed by atoms with Crippen LogP contribution in [-0.2, 0) is 20.0 Å². The monoisotopic (exact) mass is 408 g/mol. The first-order chi connectivity index (χ1) is 11.0. The van der Waals surface area contributed by atoms with Gasteiger partial charge in [-0.3, -0.25) is 9.44 Å². The minimum absolute atomic E-state index is 0.00700. The van der Waals surface area contributed by atoms with Crippen molar-refractivity contribution in [2.75, 3.05) is 15.7 Å². The highest BCUT2D eigenvalue weighted by atomic mass is 35.5. The van der Waals surface area contributed by atoms with Gasteiger partial charge in [0.05, 0.1) is 27.5 Å². The van der Waals surface area contributed by atoms with Gasteiger partial charge in [0.15, 0.2) is 0 Å². The van der Waals surface area contributed by atoms with Crippen LogP contribution < -0.4 is 9.44 Å². The van der Waals surface area contributed by atoms with Crippen LogP contribution in [0.1, 0.15) is 5.56 Å². The average molecular weight is 409 g/mol. The molecule has 0 bridgehead atoms. The van der Waals surface area contributed by atoms with E-state index in [1.54, 1.807) is 13.0 Å². The fraction of sp³-hybridized carbons (Fsp3) is 0.143. The Balaban J connectivity index is 2.30. The zero-order valence-electron chi connectivity index (χ0n) is 12.7. The van der Waals surface area contributed by atoms with E-state index in [1.807, 2.05) is 0 Å². The Morgan fingerprint density at radius 3 is 2.08 bits per heavy atom. The molecule has 0 amide bonds. The number of nitrogens with one attached hydrogen (secondary N) is 2. The molecular weight excluding hydrogens is 395 g/mol. The quantitative estimate of drug-likeness (QED) is 0.791. The Morgan fingerprint density at radius 2 is 1.54 bits per heavy atom. The van der Waals surface area contributed by atoms with E-state index in [9.17, 15) is 16.8 Å². The van der Waals surface area contributed by atoms with Gasteiger partial charge in [0.25, 0.3) is 10.0 Å². The van der Waals surface area contributed by atoms with Gasteiger partial charge in [-0.15, -0.1) is 0 Å². The Kier molecular flexibility index (Phi) is 5.34. The second-order valence-corrected chi connectivity index (χ2v) is 9.33. The van der Waals surface area contributed by atoms with Gasteiger partial charge in [0.1, 0.15) is 0 Å². The molecule has 0 spiro atoms. The van der Waals surface area contributed by atoms with Gasteiger partial charge < -0.3 is 0 Å². The topological polar surface area (TPSA) is 92.3 Å². The molecule has 0 radical (unpaired) electrons. The summed E-state index contributed by atoms with van der Waals surface area (Å²) >= 11 is 11.9. The number of benzene rings is 2. The molecule has 0 aromatic heterocycles. The van der Waals surface area contributed by atoms with Gasteiger partial charge in [0, 0.05) is 5.02 Å². The number of sulfonamides is 2. The van der Waals surface area contributed by atoms with E-state index in [4.69, 9.17) is 23.2 Å². The van der Waals surface area contributed by atoms with Crippen molar-refractivity contribution in [2.24, 2.45) is 0 Å². The Labute approximate surface area is 150 Å². The Bertz CT molecular complexity index is 990. The van der Waals surface area contributed by atoms with Gasteiger partial charge >= 0.3 is 0 Å². The third-order valence-corrected chi connectivity index (χ3v) is 5.66. The van der Waals surface area contributed by atoms with E-state index >= 15 is 0 Å². The maximum Gasteiger partial charge on any atom is 0.261 e. The largest absolute Gasteiger partial charge is 0.282 e. The lowest BCUT2D eigenvalue weighted by Crippen LogP contribution is -2.13. The van der Waals surface area contributed by atoms with Crippen molar-refractivity contribution in [3.05, 3.63) is 52.0 Å². The maximum atomic E-state index is 12.4. The third kappa shape index (κ3) is 4.76. The van der Waals surface area contributed by atoms with Crippen molar-refractivity contribution in [2.45, 2.75) is 11.8 Å². The second-order valence-electron chi connectivity index (χ2n) is 5.09. The molecule has 0 saturated heterocycles. The first kappa shape index (κ1) is 18.9. The number of rotatable bonds is 5. The number of hydrogen-bond acceptors (Lipinski definition) is 4. The summed E-state index contributed by atoms with van der Waals surface area (Å²) in [5, 5.41) is 0.395. The fourth-order valence-electron chi connectivity index (χ4n) is 1.82. The summed E-state index contributed by atoms with van der Waals surface area (Å²) in [5.41, 5.74) is 1.10. The number of halogens is 2. The van der Waals surface area contributed by atoms with Crippen LogP contribution in [0.25, 0.3) is 0 Å². The van der Waals surface area contributed by atoms with Crippen LogP contribution in [-0.4, -0.2) is 23.1 Å². The predicted octanol–water partition coefficient (Wildman–Crippen LogP) is 3.47. The second kappa shape index (κ2) is 6.79. The molecule has 130 valence electrons. The van der Waals surface area contributed by atoms with E-state index < -0.39 is 20.0 Å². The van der Waals surface area contributed by atoms with E-state index in [0.29, 0.717) is 5.02 Å². The van der Waals surface area contributed by atoms with E-state index in [-0.39, 0.29) is 21.3 Å². The molecule has 0 atom stereocenters. The smallest absolute Gasteiger partial charge is 0.261 e. The van der Waals surface area contributed by atoms with E-state index in [0.717, 1.165) is 11.8 Å². The van der Waals surface area contributed by atoms with Crippen LogP contribution in [0.5, 0.6) is 0 Å². The van der Waals surface area contributed by atoms with Crippen LogP contribution in [0.3, 0.4) is 0 Å². The fourth-order valence-corrected chi connectivity index (χ4v) is 4.00. The average Bonchev–Trinajstić information content (AvgIpc) is 2.43. The normalized spacial score (nSPS) is 12.0. The molecule has 0 aliphatic rings. The molecule has 0 fully saturated rings. The Hall–Kier alpha value is -1.48. The number of anilines is 2. The van der Waals surface area contributed by atoms with Crippen molar-refractivity contribution in [1.82, 2.24) is 0 Å². The lowest BCUT2D eigenvalue weighted by atomic mass is 10.2. The molecular formula is C14H14Cl2N2O4S2. The SMILES string of the molecule is Cc1ccc(S(=O)(=O)Nc2ccc(NS(C)(=O)=O)c(Cl)c2)cc1Cl. The summed E-state index contributed by atoms with van der Waals surface area (Å²) in [4.78, 5) is 0.00700. The molecule has 0 unspecified atom stereocenters. The Morgan fingerprint density at radius 1 is 0.875 bits per heavy atom. The van der Waals surface area contributed by atoms with Crippen LogP contribution in [0.4, 0.5) is 11.4 Å². The van der Waals surface area contributed by atoms with Crippen molar-refractivity contribution >= 4 is 54.6 Å². The standard InChI is InChI=1S/C14H14Cl2N2O4S2/c1-9-3-5-11(8-12(9)15)24(21,22)17-10-4-6-14(13(16)7-10)18-23(2,19)20/h3-8,17-18H,1-2H3. The number of hydrogen-bond donors (Lipinski definition) is 2. The summed E-state index contributed by atoms with van der Waals surface area (Å²) in [6.45, 7) is 1.76. The molecule has 2 N–H and O–H groups in total. The summed E-state index contributed by atoms with van der Waals surface area (Å²) < 4.78 is 51.8. The summed E-state index contributed by atoms with van der Waals surface area (Å²) in [6, 6.07) is 8.45. The van der Waals surface area contributed by atoms with E-state index in [1.165, 1.54) is 30.3 Å². The molecule has 0 heterocycles. The van der Waals surface area contributed by atoms with Crippen LogP contribution in [0, 0.1) is 6.92 Å². The molecule has 0 saturated carbocycles. The van der Waals surface area contributed by atoms with Crippen molar-refractivity contribution in [3.63, 3.8) is 0 Å². The third-order valence-electron chi connectivity index (χ3n) is 2.97. The molecule has 2 rings (SSSR count). The highest BCUT2D eigenvalue weighted by Gasteiger charge is 2.16. The van der Waals surface area contributed by atoms with Crippen LogP contribution in [0.2, 0.25) is 10.0 Å². The lowest BCUT2D eigenvalue weighted by Gasteiger charge is -2.11. The molecule has 2 aromatic rings. The zero-order valence-corrected chi connectivity index (χ0v) is 15.8. The zero-order chi connectivity index (χ0) is 18.1. The van der Waals surface area contributed by atoms with Crippen molar-refractivity contribution < 1.29 is 16.8 Å². The van der Waals surface area contributed by atoms with Gasteiger partial charge in [-0.2, -0.15) is 0 Å². The van der Waals surface area contributed by atoms with Crippen LogP contribution >= 0.6 is 23.2 Å². The molecule has 2 aromatic carbocycles. The minimum atomic E-state index is -3.85. The maximum absolute atomic E-state index is 12.4. The molecule has 10 heteroatoms. The molecule has 0 aliphatic carbocycles. The first-order valence-corrected chi connectivity index (χ1v) is 10.7. The highest BCUT2D eigenvalue weighted by Crippen LogP contribution is 2.28. The summed E-state index contributed by atoms with van der Waals surface area (Å²) in [7, 11) is -7.34. The highest BCUT2D eigenvalue weighted by molar-refractivity contribution is 7.92. The van der Waals surface area contributed by atoms with Gasteiger partial charge in [-0.25, -0.2) is 16.8 Å². The van der Waals surface area contributed by atoms with Gasteiger partial charge in [-0.05, 0) is 42.8 Å². The number of aryl methyl sites for hydroxylation is 1. The molecule has 0 aliphatic heterocycles. The first-order valence-electron chi connectivity index (χ1n) is 6.54. The molecule has 24 heavy (non-hydrogen) atoms. The van der Waals surface area contributed by atoms with Crippen molar-refractivity contribution in [1.29, 1.82) is 0 Å². The minimum Gasteiger partial charge on any atom is -0.282 e. The summed E-state index contributed by atoms with van der Waals surface area (Å²) in [5.74, 6) is 0. The van der Waals surface area contributed by atoms with E-state index in [2.05, 4.69) is 9.44 Å².